The van der Waals surface area contributed by atoms with Crippen molar-refractivity contribution in [2.24, 2.45) is 0 Å². The van der Waals surface area contributed by atoms with Crippen LogP contribution in [0.1, 0.15) is 12.5 Å². The van der Waals surface area contributed by atoms with Crippen molar-refractivity contribution in [1.82, 2.24) is 10.3 Å². The van der Waals surface area contributed by atoms with Crippen molar-refractivity contribution in [3.63, 3.8) is 0 Å². The maximum atomic E-state index is 11.9. The van der Waals surface area contributed by atoms with Gasteiger partial charge in [0.2, 0.25) is 0 Å². The van der Waals surface area contributed by atoms with Crippen LogP contribution in [0.25, 0.3) is 0 Å². The number of carbonyl (C=O) groups excluding carboxylic acids is 1. The molecule has 2 rings (SSSR count). The molecule has 1 aromatic heterocycles. The third kappa shape index (κ3) is 3.98. The van der Waals surface area contributed by atoms with Crippen molar-refractivity contribution in [3.05, 3.63) is 54.4 Å². The van der Waals surface area contributed by atoms with E-state index in [-0.39, 0.29) is 5.91 Å². The summed E-state index contributed by atoms with van der Waals surface area (Å²) in [5.41, 5.74) is 7.20. The summed E-state index contributed by atoms with van der Waals surface area (Å²) in [6.45, 7) is 2.12. The lowest BCUT2D eigenvalue weighted by atomic mass is 10.2. The number of ether oxygens (including phenoxy) is 1. The molecule has 3 N–H and O–H groups in total. The minimum atomic E-state index is -0.589. The molecule has 0 saturated heterocycles. The number of aromatic nitrogens is 1. The van der Waals surface area contributed by atoms with Gasteiger partial charge in [0.05, 0.1) is 0 Å². The van der Waals surface area contributed by atoms with Gasteiger partial charge in [-0.25, -0.2) is 0 Å². The number of pyridine rings is 1. The highest BCUT2D eigenvalue weighted by molar-refractivity contribution is 5.80. The molecule has 0 spiro atoms. The fourth-order valence-corrected chi connectivity index (χ4v) is 1.68. The second kappa shape index (κ2) is 6.56. The fourth-order valence-electron chi connectivity index (χ4n) is 1.68. The summed E-state index contributed by atoms with van der Waals surface area (Å²) >= 11 is 0. The van der Waals surface area contributed by atoms with Gasteiger partial charge in [-0.2, -0.15) is 0 Å². The lowest BCUT2D eigenvalue weighted by molar-refractivity contribution is -0.127. The molecule has 1 heterocycles. The van der Waals surface area contributed by atoms with Gasteiger partial charge in [0, 0.05) is 30.7 Å². The van der Waals surface area contributed by atoms with Gasteiger partial charge in [0.1, 0.15) is 5.75 Å². The van der Waals surface area contributed by atoms with Gasteiger partial charge in [-0.05, 0) is 30.7 Å². The molecule has 1 aromatic carbocycles. The third-order valence-electron chi connectivity index (χ3n) is 2.73. The predicted molar refractivity (Wildman–Crippen MR) is 77.0 cm³/mol. The number of nitrogen functional groups attached to an aromatic ring is 1. The van der Waals surface area contributed by atoms with Gasteiger partial charge in [0.25, 0.3) is 5.91 Å². The fraction of sp³-hybridized carbons (Fsp3) is 0.200. The first-order valence-corrected chi connectivity index (χ1v) is 6.34. The number of hydrogen-bond donors (Lipinski definition) is 2. The minimum Gasteiger partial charge on any atom is -0.481 e. The van der Waals surface area contributed by atoms with Gasteiger partial charge < -0.3 is 15.8 Å². The number of hydrogen-bond acceptors (Lipinski definition) is 4. The molecule has 0 fully saturated rings. The first-order chi connectivity index (χ1) is 9.65. The molecule has 104 valence electrons. The van der Waals surface area contributed by atoms with E-state index in [2.05, 4.69) is 10.3 Å². The Kier molecular flexibility index (Phi) is 4.55. The molecule has 0 unspecified atom stereocenters. The number of nitrogens with one attached hydrogen (secondary N) is 1. The summed E-state index contributed by atoms with van der Waals surface area (Å²) in [7, 11) is 0. The molecule has 0 saturated carbocycles. The monoisotopic (exact) mass is 271 g/mol. The zero-order valence-electron chi connectivity index (χ0n) is 11.2. The van der Waals surface area contributed by atoms with E-state index in [4.69, 9.17) is 10.5 Å². The second-order valence-electron chi connectivity index (χ2n) is 4.41. The zero-order valence-corrected chi connectivity index (χ0v) is 11.2. The topological polar surface area (TPSA) is 77.2 Å². The minimum absolute atomic E-state index is 0.184. The van der Waals surface area contributed by atoms with Gasteiger partial charge >= 0.3 is 0 Å². The number of amides is 1. The summed E-state index contributed by atoms with van der Waals surface area (Å²) in [5.74, 6) is 0.394. The number of nitrogens with two attached hydrogens (primary N) is 1. The summed E-state index contributed by atoms with van der Waals surface area (Å²) in [5, 5.41) is 2.80. The van der Waals surface area contributed by atoms with Crippen LogP contribution in [0, 0.1) is 0 Å². The van der Waals surface area contributed by atoms with Crippen molar-refractivity contribution in [2.45, 2.75) is 19.6 Å². The predicted octanol–water partition coefficient (Wildman–Crippen LogP) is 1.75. The van der Waals surface area contributed by atoms with Crippen molar-refractivity contribution >= 4 is 11.6 Å². The Hall–Kier alpha value is -2.56. The Morgan fingerprint density at radius 3 is 2.95 bits per heavy atom. The molecule has 0 radical (unpaired) electrons. The summed E-state index contributed by atoms with van der Waals surface area (Å²) in [4.78, 5) is 15.9. The SMILES string of the molecule is C[C@H](Oc1cccc(N)c1)C(=O)NCc1cccnc1. The first kappa shape index (κ1) is 13.9. The van der Waals surface area contributed by atoms with E-state index in [0.29, 0.717) is 18.0 Å². The Balaban J connectivity index is 1.86. The molecule has 0 aliphatic carbocycles. The number of anilines is 1. The molecule has 1 amide bonds. The molecule has 5 nitrogen and oxygen atoms in total. The third-order valence-corrected chi connectivity index (χ3v) is 2.73. The zero-order chi connectivity index (χ0) is 14.4. The van der Waals surface area contributed by atoms with Crippen LogP contribution in [0.2, 0.25) is 0 Å². The van der Waals surface area contributed by atoms with Crippen molar-refractivity contribution in [1.29, 1.82) is 0 Å². The average molecular weight is 271 g/mol. The molecule has 2 aromatic rings. The van der Waals surface area contributed by atoms with E-state index in [1.807, 2.05) is 12.1 Å². The first-order valence-electron chi connectivity index (χ1n) is 6.34. The quantitative estimate of drug-likeness (QED) is 0.812. The molecular weight excluding hydrogens is 254 g/mol. The highest BCUT2D eigenvalue weighted by Gasteiger charge is 2.14. The van der Waals surface area contributed by atoms with E-state index < -0.39 is 6.10 Å². The number of carbonyl (C=O) groups is 1. The van der Waals surface area contributed by atoms with Crippen molar-refractivity contribution in [3.8, 4) is 5.75 Å². The average Bonchev–Trinajstić information content (AvgIpc) is 2.46. The van der Waals surface area contributed by atoms with E-state index in [1.54, 1.807) is 43.6 Å². The maximum Gasteiger partial charge on any atom is 0.261 e. The van der Waals surface area contributed by atoms with Crippen LogP contribution in [0.15, 0.2) is 48.8 Å². The molecule has 0 aliphatic heterocycles. The summed E-state index contributed by atoms with van der Waals surface area (Å²) < 4.78 is 5.54. The van der Waals surface area contributed by atoms with Gasteiger partial charge in [-0.3, -0.25) is 9.78 Å². The standard InChI is InChI=1S/C15H17N3O2/c1-11(20-14-6-2-5-13(16)8-14)15(19)18-10-12-4-3-7-17-9-12/h2-9,11H,10,16H2,1H3,(H,18,19)/t11-/m0/s1. The Morgan fingerprint density at radius 1 is 1.40 bits per heavy atom. The molecule has 5 heteroatoms. The van der Waals surface area contributed by atoms with E-state index in [0.717, 1.165) is 5.56 Å². The highest BCUT2D eigenvalue weighted by atomic mass is 16.5. The lowest BCUT2D eigenvalue weighted by Gasteiger charge is -2.15. The van der Waals surface area contributed by atoms with Crippen molar-refractivity contribution in [2.75, 3.05) is 5.73 Å². The van der Waals surface area contributed by atoms with E-state index in [1.165, 1.54) is 0 Å². The van der Waals surface area contributed by atoms with Crippen LogP contribution >= 0.6 is 0 Å². The van der Waals surface area contributed by atoms with Crippen LogP contribution in [-0.4, -0.2) is 17.0 Å². The van der Waals surface area contributed by atoms with E-state index >= 15 is 0 Å². The smallest absolute Gasteiger partial charge is 0.261 e. The molecule has 0 bridgehead atoms. The second-order valence-corrected chi connectivity index (χ2v) is 4.41. The van der Waals surface area contributed by atoms with E-state index in [9.17, 15) is 4.79 Å². The van der Waals surface area contributed by atoms with Crippen LogP contribution in [0.4, 0.5) is 5.69 Å². The number of rotatable bonds is 5. The largest absolute Gasteiger partial charge is 0.481 e. The normalized spacial score (nSPS) is 11.7. The van der Waals surface area contributed by atoms with Crippen molar-refractivity contribution < 1.29 is 9.53 Å². The molecule has 1 atom stereocenters. The lowest BCUT2D eigenvalue weighted by Crippen LogP contribution is -2.35. The van der Waals surface area contributed by atoms with Gasteiger partial charge in [-0.15, -0.1) is 0 Å². The molecule has 0 aliphatic rings. The summed E-state index contributed by atoms with van der Waals surface area (Å²) in [6.07, 6.45) is 2.81. The van der Waals surface area contributed by atoms with Crippen LogP contribution < -0.4 is 15.8 Å². The van der Waals surface area contributed by atoms with Crippen LogP contribution in [-0.2, 0) is 11.3 Å². The molecule has 20 heavy (non-hydrogen) atoms. The number of benzene rings is 1. The van der Waals surface area contributed by atoms with Crippen LogP contribution in [0.5, 0.6) is 5.75 Å². The molecular formula is C15H17N3O2. The number of nitrogens with zero attached hydrogens (tertiary/aromatic N) is 1. The Morgan fingerprint density at radius 2 is 2.25 bits per heavy atom. The highest BCUT2D eigenvalue weighted by Crippen LogP contribution is 2.16. The Labute approximate surface area is 117 Å². The van der Waals surface area contributed by atoms with Gasteiger partial charge in [-0.1, -0.05) is 12.1 Å². The Bertz CT molecular complexity index is 572. The van der Waals surface area contributed by atoms with Gasteiger partial charge in [0.15, 0.2) is 6.10 Å². The van der Waals surface area contributed by atoms with Crippen LogP contribution in [0.3, 0.4) is 0 Å². The maximum absolute atomic E-state index is 11.9. The summed E-state index contributed by atoms with van der Waals surface area (Å²) in [6, 6.07) is 10.7.